The van der Waals surface area contributed by atoms with Crippen molar-refractivity contribution in [2.45, 2.75) is 19.8 Å². The van der Waals surface area contributed by atoms with Crippen LogP contribution in [0.1, 0.15) is 35.7 Å². The molecule has 0 amide bonds. The van der Waals surface area contributed by atoms with Gasteiger partial charge in [0, 0.05) is 21.5 Å². The van der Waals surface area contributed by atoms with E-state index in [9.17, 15) is 4.79 Å². The molecule has 0 saturated carbocycles. The van der Waals surface area contributed by atoms with Crippen LogP contribution in [0, 0.1) is 0 Å². The number of benzene rings is 2. The normalized spacial score (nSPS) is 11.2. The van der Waals surface area contributed by atoms with Gasteiger partial charge in [-0.1, -0.05) is 43.6 Å². The summed E-state index contributed by atoms with van der Waals surface area (Å²) in [6.45, 7) is 4.29. The van der Waals surface area contributed by atoms with Gasteiger partial charge in [0.2, 0.25) is 0 Å². The molecule has 106 valence electrons. The molecular formula is C18H16ClNO. The summed E-state index contributed by atoms with van der Waals surface area (Å²) in [5.41, 5.74) is 4.72. The van der Waals surface area contributed by atoms with E-state index in [4.69, 9.17) is 11.6 Å². The molecule has 3 heteroatoms. The Bertz CT molecular complexity index is 800. The maximum absolute atomic E-state index is 11.6. The van der Waals surface area contributed by atoms with Crippen LogP contribution in [-0.4, -0.2) is 11.3 Å². The van der Waals surface area contributed by atoms with Crippen LogP contribution in [0.3, 0.4) is 0 Å². The Kier molecular flexibility index (Phi) is 3.56. The van der Waals surface area contributed by atoms with Crippen LogP contribution >= 0.6 is 11.6 Å². The van der Waals surface area contributed by atoms with E-state index in [1.165, 1.54) is 5.56 Å². The Morgan fingerprint density at radius 3 is 2.43 bits per heavy atom. The number of halogens is 1. The van der Waals surface area contributed by atoms with Crippen molar-refractivity contribution >= 4 is 28.8 Å². The molecule has 0 aliphatic carbocycles. The summed E-state index contributed by atoms with van der Waals surface area (Å²) >= 11 is 5.93. The lowest BCUT2D eigenvalue weighted by Crippen LogP contribution is -1.87. The highest BCUT2D eigenvalue weighted by Gasteiger charge is 2.13. The third kappa shape index (κ3) is 2.47. The standard InChI is InChI=1S/C18H16ClNO/c1-11(2)13-5-8-17-15(9-13)16(10-21)18(20-17)12-3-6-14(19)7-4-12/h3-11,20H,1-2H3. The molecule has 2 aromatic carbocycles. The third-order valence-corrected chi connectivity index (χ3v) is 4.03. The molecular weight excluding hydrogens is 282 g/mol. The predicted molar refractivity (Wildman–Crippen MR) is 88.2 cm³/mol. The summed E-state index contributed by atoms with van der Waals surface area (Å²) in [6.07, 6.45) is 0.923. The molecule has 0 radical (unpaired) electrons. The average molecular weight is 298 g/mol. The minimum atomic E-state index is 0.433. The first-order valence-corrected chi connectivity index (χ1v) is 7.34. The zero-order valence-electron chi connectivity index (χ0n) is 12.0. The van der Waals surface area contributed by atoms with E-state index < -0.39 is 0 Å². The molecule has 1 heterocycles. The fourth-order valence-corrected chi connectivity index (χ4v) is 2.68. The zero-order chi connectivity index (χ0) is 15.0. The lowest BCUT2D eigenvalue weighted by molar-refractivity contribution is 0.112. The first-order chi connectivity index (χ1) is 10.1. The highest BCUT2D eigenvalue weighted by Crippen LogP contribution is 2.31. The van der Waals surface area contributed by atoms with E-state index in [1.54, 1.807) is 0 Å². The quantitative estimate of drug-likeness (QED) is 0.643. The minimum Gasteiger partial charge on any atom is -0.354 e. The van der Waals surface area contributed by atoms with E-state index >= 15 is 0 Å². The molecule has 3 aromatic rings. The number of hydrogen-bond donors (Lipinski definition) is 1. The van der Waals surface area contributed by atoms with Gasteiger partial charge in [0.15, 0.2) is 6.29 Å². The fraction of sp³-hybridized carbons (Fsp3) is 0.167. The van der Waals surface area contributed by atoms with Gasteiger partial charge < -0.3 is 4.98 Å². The Morgan fingerprint density at radius 1 is 1.10 bits per heavy atom. The third-order valence-electron chi connectivity index (χ3n) is 3.78. The van der Waals surface area contributed by atoms with Crippen molar-refractivity contribution in [3.63, 3.8) is 0 Å². The molecule has 21 heavy (non-hydrogen) atoms. The van der Waals surface area contributed by atoms with E-state index in [-0.39, 0.29) is 0 Å². The highest BCUT2D eigenvalue weighted by molar-refractivity contribution is 6.30. The number of aldehydes is 1. The topological polar surface area (TPSA) is 32.9 Å². The van der Waals surface area contributed by atoms with Crippen LogP contribution in [0.4, 0.5) is 0 Å². The number of carbonyl (C=O) groups excluding carboxylic acids is 1. The molecule has 0 aliphatic rings. The molecule has 1 aromatic heterocycles. The van der Waals surface area contributed by atoms with Crippen LogP contribution in [0.2, 0.25) is 5.02 Å². The molecule has 0 spiro atoms. The van der Waals surface area contributed by atoms with Gasteiger partial charge in [-0.25, -0.2) is 0 Å². The summed E-state index contributed by atoms with van der Waals surface area (Å²) in [5, 5.41) is 1.66. The zero-order valence-corrected chi connectivity index (χ0v) is 12.7. The van der Waals surface area contributed by atoms with Gasteiger partial charge >= 0.3 is 0 Å². The second-order valence-corrected chi connectivity index (χ2v) is 5.93. The summed E-state index contributed by atoms with van der Waals surface area (Å²) in [5.74, 6) is 0.433. The number of hydrogen-bond acceptors (Lipinski definition) is 1. The van der Waals surface area contributed by atoms with Crippen molar-refractivity contribution in [2.24, 2.45) is 0 Å². The lowest BCUT2D eigenvalue weighted by Gasteiger charge is -2.04. The maximum atomic E-state index is 11.6. The molecule has 2 nitrogen and oxygen atoms in total. The summed E-state index contributed by atoms with van der Waals surface area (Å²) in [6, 6.07) is 13.7. The van der Waals surface area contributed by atoms with Gasteiger partial charge in [0.1, 0.15) is 0 Å². The number of aromatic amines is 1. The van der Waals surface area contributed by atoms with Crippen molar-refractivity contribution in [3.05, 3.63) is 58.6 Å². The summed E-state index contributed by atoms with van der Waals surface area (Å²) < 4.78 is 0. The number of carbonyl (C=O) groups is 1. The van der Waals surface area contributed by atoms with Crippen molar-refractivity contribution < 1.29 is 4.79 Å². The van der Waals surface area contributed by atoms with Crippen LogP contribution in [0.25, 0.3) is 22.2 Å². The minimum absolute atomic E-state index is 0.433. The van der Waals surface area contributed by atoms with Crippen LogP contribution in [0.5, 0.6) is 0 Å². The summed E-state index contributed by atoms with van der Waals surface area (Å²) in [4.78, 5) is 14.9. The number of nitrogens with one attached hydrogen (secondary N) is 1. The number of fused-ring (bicyclic) bond motifs is 1. The monoisotopic (exact) mass is 297 g/mol. The average Bonchev–Trinajstić information content (AvgIpc) is 2.85. The largest absolute Gasteiger partial charge is 0.354 e. The Morgan fingerprint density at radius 2 is 1.81 bits per heavy atom. The Balaban J connectivity index is 2.23. The van der Waals surface area contributed by atoms with Gasteiger partial charge in [-0.05, 0) is 41.3 Å². The van der Waals surface area contributed by atoms with Crippen molar-refractivity contribution in [2.75, 3.05) is 0 Å². The van der Waals surface area contributed by atoms with E-state index in [0.717, 1.165) is 28.4 Å². The molecule has 0 aliphatic heterocycles. The van der Waals surface area contributed by atoms with Crippen LogP contribution in [-0.2, 0) is 0 Å². The predicted octanol–water partition coefficient (Wildman–Crippen LogP) is 5.42. The van der Waals surface area contributed by atoms with E-state index in [1.807, 2.05) is 30.3 Å². The molecule has 0 atom stereocenters. The molecule has 1 N–H and O–H groups in total. The van der Waals surface area contributed by atoms with Gasteiger partial charge in [-0.2, -0.15) is 0 Å². The van der Waals surface area contributed by atoms with Crippen molar-refractivity contribution in [1.29, 1.82) is 0 Å². The van der Waals surface area contributed by atoms with Gasteiger partial charge in [-0.3, -0.25) is 4.79 Å². The first-order valence-electron chi connectivity index (χ1n) is 6.97. The van der Waals surface area contributed by atoms with Crippen LogP contribution < -0.4 is 0 Å². The van der Waals surface area contributed by atoms with Gasteiger partial charge in [0.05, 0.1) is 5.69 Å². The van der Waals surface area contributed by atoms with E-state index in [0.29, 0.717) is 16.5 Å². The molecule has 0 fully saturated rings. The smallest absolute Gasteiger partial charge is 0.152 e. The van der Waals surface area contributed by atoms with E-state index in [2.05, 4.69) is 31.0 Å². The van der Waals surface area contributed by atoms with Crippen molar-refractivity contribution in [3.8, 4) is 11.3 Å². The second kappa shape index (κ2) is 5.38. The number of rotatable bonds is 3. The SMILES string of the molecule is CC(C)c1ccc2[nH]c(-c3ccc(Cl)cc3)c(C=O)c2c1. The molecule has 0 bridgehead atoms. The summed E-state index contributed by atoms with van der Waals surface area (Å²) in [7, 11) is 0. The number of aromatic nitrogens is 1. The first kappa shape index (κ1) is 13.9. The van der Waals surface area contributed by atoms with Gasteiger partial charge in [-0.15, -0.1) is 0 Å². The molecule has 0 unspecified atom stereocenters. The lowest BCUT2D eigenvalue weighted by atomic mass is 9.99. The van der Waals surface area contributed by atoms with Gasteiger partial charge in [0.25, 0.3) is 0 Å². The maximum Gasteiger partial charge on any atom is 0.152 e. The second-order valence-electron chi connectivity index (χ2n) is 5.50. The highest BCUT2D eigenvalue weighted by atomic mass is 35.5. The van der Waals surface area contributed by atoms with Crippen molar-refractivity contribution in [1.82, 2.24) is 4.98 Å². The Hall–Kier alpha value is -2.06. The molecule has 0 saturated heterocycles. The van der Waals surface area contributed by atoms with Crippen LogP contribution in [0.15, 0.2) is 42.5 Å². The fourth-order valence-electron chi connectivity index (χ4n) is 2.56. The molecule has 3 rings (SSSR count). The number of H-pyrrole nitrogens is 1. The Labute approximate surface area is 128 Å².